The lowest BCUT2D eigenvalue weighted by Gasteiger charge is -2.19. The monoisotopic (exact) mass is 395 g/mol. The normalized spacial score (nSPS) is 10.9. The van der Waals surface area contributed by atoms with E-state index in [1.165, 1.54) is 16.9 Å². The molecule has 0 atom stereocenters. The first-order valence-corrected chi connectivity index (χ1v) is 9.98. The molecule has 0 aliphatic heterocycles. The Labute approximate surface area is 170 Å². The highest BCUT2D eigenvalue weighted by Gasteiger charge is 2.18. The van der Waals surface area contributed by atoms with Crippen molar-refractivity contribution < 1.29 is 9.53 Å². The minimum Gasteiger partial charge on any atom is -0.496 e. The van der Waals surface area contributed by atoms with Gasteiger partial charge in [-0.15, -0.1) is 11.3 Å². The summed E-state index contributed by atoms with van der Waals surface area (Å²) >= 11 is 1.48. The van der Waals surface area contributed by atoms with Gasteiger partial charge < -0.3 is 4.74 Å². The number of amides is 1. The van der Waals surface area contributed by atoms with Gasteiger partial charge in [0.25, 0.3) is 0 Å². The van der Waals surface area contributed by atoms with E-state index in [-0.39, 0.29) is 5.91 Å². The zero-order valence-electron chi connectivity index (χ0n) is 16.7. The maximum Gasteiger partial charge on any atom is 0.230 e. The standard InChI is InChI=1S/C22H25N3O2S/c1-16-10-11-21(27-4)18(12-16)13-24(3)14-19-15-28-22(23-19)25(17(2)26)20-8-6-5-7-9-20/h5-12,15H,13-14H2,1-4H3. The van der Waals surface area contributed by atoms with Crippen molar-refractivity contribution in [3.8, 4) is 5.75 Å². The first-order valence-electron chi connectivity index (χ1n) is 9.10. The van der Waals surface area contributed by atoms with Crippen molar-refractivity contribution in [2.75, 3.05) is 19.1 Å². The number of benzene rings is 2. The van der Waals surface area contributed by atoms with Gasteiger partial charge in [-0.05, 0) is 32.2 Å². The zero-order valence-corrected chi connectivity index (χ0v) is 17.5. The summed E-state index contributed by atoms with van der Waals surface area (Å²) in [5.74, 6) is 0.841. The molecule has 1 amide bonds. The number of ether oxygens (including phenoxy) is 1. The topological polar surface area (TPSA) is 45.7 Å². The van der Waals surface area contributed by atoms with Crippen LogP contribution in [0.4, 0.5) is 10.8 Å². The third-order valence-electron chi connectivity index (χ3n) is 4.37. The molecule has 0 aliphatic carbocycles. The third kappa shape index (κ3) is 4.77. The minimum absolute atomic E-state index is 0.0510. The molecule has 0 bridgehead atoms. The van der Waals surface area contributed by atoms with Crippen LogP contribution in [0.25, 0.3) is 0 Å². The van der Waals surface area contributed by atoms with E-state index >= 15 is 0 Å². The largest absolute Gasteiger partial charge is 0.496 e. The Morgan fingerprint density at radius 1 is 1.14 bits per heavy atom. The molecule has 0 fully saturated rings. The Bertz CT molecular complexity index is 940. The average molecular weight is 396 g/mol. The quantitative estimate of drug-likeness (QED) is 0.578. The van der Waals surface area contributed by atoms with E-state index in [9.17, 15) is 4.79 Å². The number of rotatable bonds is 7. The van der Waals surface area contributed by atoms with Crippen LogP contribution >= 0.6 is 11.3 Å². The summed E-state index contributed by atoms with van der Waals surface area (Å²) in [5, 5.41) is 2.70. The molecule has 146 valence electrons. The lowest BCUT2D eigenvalue weighted by molar-refractivity contribution is -0.115. The number of aromatic nitrogens is 1. The summed E-state index contributed by atoms with van der Waals surface area (Å²) in [7, 11) is 3.75. The molecule has 5 nitrogen and oxygen atoms in total. The summed E-state index contributed by atoms with van der Waals surface area (Å²) in [6.07, 6.45) is 0. The van der Waals surface area contributed by atoms with Gasteiger partial charge in [-0.3, -0.25) is 14.6 Å². The van der Waals surface area contributed by atoms with Gasteiger partial charge in [0.05, 0.1) is 18.5 Å². The van der Waals surface area contributed by atoms with Crippen molar-refractivity contribution in [1.29, 1.82) is 0 Å². The third-order valence-corrected chi connectivity index (χ3v) is 5.24. The molecule has 3 aromatic rings. The molecule has 2 aromatic carbocycles. The minimum atomic E-state index is -0.0510. The molecular formula is C22H25N3O2S. The van der Waals surface area contributed by atoms with Crippen LogP contribution in [0.3, 0.4) is 0 Å². The van der Waals surface area contributed by atoms with Gasteiger partial charge >= 0.3 is 0 Å². The lowest BCUT2D eigenvalue weighted by Crippen LogP contribution is -2.23. The Balaban J connectivity index is 1.73. The number of carbonyl (C=O) groups is 1. The summed E-state index contributed by atoms with van der Waals surface area (Å²) < 4.78 is 5.48. The summed E-state index contributed by atoms with van der Waals surface area (Å²) in [5.41, 5.74) is 4.13. The van der Waals surface area contributed by atoms with Gasteiger partial charge in [0.1, 0.15) is 5.75 Å². The molecule has 6 heteroatoms. The van der Waals surface area contributed by atoms with Crippen LogP contribution in [-0.4, -0.2) is 29.9 Å². The molecule has 0 saturated heterocycles. The van der Waals surface area contributed by atoms with Crippen LogP contribution in [0.2, 0.25) is 0 Å². The van der Waals surface area contributed by atoms with E-state index in [2.05, 4.69) is 31.0 Å². The van der Waals surface area contributed by atoms with Crippen LogP contribution < -0.4 is 9.64 Å². The van der Waals surface area contributed by atoms with Gasteiger partial charge in [0.2, 0.25) is 5.91 Å². The van der Waals surface area contributed by atoms with Crippen molar-refractivity contribution in [2.45, 2.75) is 26.9 Å². The van der Waals surface area contributed by atoms with Crippen molar-refractivity contribution in [3.05, 3.63) is 70.7 Å². The van der Waals surface area contributed by atoms with Gasteiger partial charge in [0, 0.05) is 31.0 Å². The molecule has 0 saturated carbocycles. The number of hydrogen-bond donors (Lipinski definition) is 0. The summed E-state index contributed by atoms with van der Waals surface area (Å²) in [4.78, 5) is 20.7. The van der Waals surface area contributed by atoms with E-state index in [0.717, 1.165) is 29.2 Å². The van der Waals surface area contributed by atoms with Crippen LogP contribution in [-0.2, 0) is 17.9 Å². The number of hydrogen-bond acceptors (Lipinski definition) is 5. The average Bonchev–Trinajstić information content (AvgIpc) is 3.10. The van der Waals surface area contributed by atoms with E-state index in [4.69, 9.17) is 9.72 Å². The van der Waals surface area contributed by atoms with E-state index in [0.29, 0.717) is 11.7 Å². The number of thiazole rings is 1. The van der Waals surface area contributed by atoms with Crippen LogP contribution in [0.1, 0.15) is 23.7 Å². The highest BCUT2D eigenvalue weighted by molar-refractivity contribution is 7.14. The Hall–Kier alpha value is -2.70. The lowest BCUT2D eigenvalue weighted by atomic mass is 10.1. The van der Waals surface area contributed by atoms with E-state index < -0.39 is 0 Å². The predicted octanol–water partition coefficient (Wildman–Crippen LogP) is 4.78. The number of anilines is 2. The Kier molecular flexibility index (Phi) is 6.44. The number of para-hydroxylation sites is 1. The fourth-order valence-corrected chi connectivity index (χ4v) is 4.01. The molecule has 0 radical (unpaired) electrons. The van der Waals surface area contributed by atoms with Crippen molar-refractivity contribution in [3.63, 3.8) is 0 Å². The second kappa shape index (κ2) is 8.99. The second-order valence-corrected chi connectivity index (χ2v) is 7.64. The molecule has 28 heavy (non-hydrogen) atoms. The van der Waals surface area contributed by atoms with Gasteiger partial charge in [-0.1, -0.05) is 35.9 Å². The van der Waals surface area contributed by atoms with Crippen LogP contribution in [0.15, 0.2) is 53.9 Å². The maximum absolute atomic E-state index is 12.2. The molecule has 0 spiro atoms. The highest BCUT2D eigenvalue weighted by atomic mass is 32.1. The van der Waals surface area contributed by atoms with Crippen molar-refractivity contribution >= 4 is 28.1 Å². The first-order chi connectivity index (χ1) is 13.5. The van der Waals surface area contributed by atoms with Crippen LogP contribution in [0, 0.1) is 6.92 Å². The van der Waals surface area contributed by atoms with Crippen molar-refractivity contribution in [1.82, 2.24) is 9.88 Å². The van der Waals surface area contributed by atoms with E-state index in [1.807, 2.05) is 41.8 Å². The predicted molar refractivity (Wildman–Crippen MR) is 114 cm³/mol. The van der Waals surface area contributed by atoms with Gasteiger partial charge in [-0.2, -0.15) is 0 Å². The Morgan fingerprint density at radius 2 is 1.89 bits per heavy atom. The molecule has 3 rings (SSSR count). The van der Waals surface area contributed by atoms with Crippen LogP contribution in [0.5, 0.6) is 5.75 Å². The van der Waals surface area contributed by atoms with Gasteiger partial charge in [-0.25, -0.2) is 4.98 Å². The van der Waals surface area contributed by atoms with Crippen molar-refractivity contribution in [2.24, 2.45) is 0 Å². The smallest absolute Gasteiger partial charge is 0.230 e. The number of methoxy groups -OCH3 is 1. The maximum atomic E-state index is 12.2. The molecule has 0 unspecified atom stereocenters. The highest BCUT2D eigenvalue weighted by Crippen LogP contribution is 2.29. The second-order valence-electron chi connectivity index (χ2n) is 6.80. The number of aryl methyl sites for hydroxylation is 1. The fourth-order valence-electron chi connectivity index (χ4n) is 3.13. The molecule has 1 aromatic heterocycles. The first kappa shape index (κ1) is 20.0. The fraction of sp³-hybridized carbons (Fsp3) is 0.273. The SMILES string of the molecule is COc1ccc(C)cc1CN(C)Cc1csc(N(C(C)=O)c2ccccc2)n1. The number of nitrogens with zero attached hydrogens (tertiary/aromatic N) is 3. The summed E-state index contributed by atoms with van der Waals surface area (Å²) in [6, 6.07) is 15.8. The van der Waals surface area contributed by atoms with Gasteiger partial charge in [0.15, 0.2) is 5.13 Å². The molecule has 1 heterocycles. The molecular weight excluding hydrogens is 370 g/mol. The Morgan fingerprint density at radius 3 is 2.57 bits per heavy atom. The van der Waals surface area contributed by atoms with E-state index in [1.54, 1.807) is 18.9 Å². The number of carbonyl (C=O) groups excluding carboxylic acids is 1. The summed E-state index contributed by atoms with van der Waals surface area (Å²) in [6.45, 7) is 5.08. The molecule has 0 aliphatic rings. The molecule has 0 N–H and O–H groups in total. The zero-order chi connectivity index (χ0) is 20.1.